The number of aromatic nitrogens is 4. The number of hydrogen-bond acceptors (Lipinski definition) is 5. The number of hydrogen-bond donors (Lipinski definition) is 0. The summed E-state index contributed by atoms with van der Waals surface area (Å²) in [6, 6.07) is 27.5. The predicted molar refractivity (Wildman–Crippen MR) is 138 cm³/mol. The maximum absolute atomic E-state index is 13.4. The third-order valence-corrected chi connectivity index (χ3v) is 7.05. The summed E-state index contributed by atoms with van der Waals surface area (Å²) >= 11 is 7.34. The fourth-order valence-electron chi connectivity index (χ4n) is 4.13. The molecule has 0 radical (unpaired) electrons. The van der Waals surface area contributed by atoms with Crippen LogP contribution in [0.2, 0.25) is 5.02 Å². The number of halogens is 1. The Kier molecular flexibility index (Phi) is 5.17. The van der Waals surface area contributed by atoms with Gasteiger partial charge in [0.25, 0.3) is 5.56 Å². The molecule has 3 aromatic heterocycles. The van der Waals surface area contributed by atoms with Gasteiger partial charge in [-0.1, -0.05) is 84.4 Å². The molecule has 5 nitrogen and oxygen atoms in total. The Morgan fingerprint density at radius 2 is 1.50 bits per heavy atom. The summed E-state index contributed by atoms with van der Waals surface area (Å²) in [7, 11) is 0. The summed E-state index contributed by atoms with van der Waals surface area (Å²) in [6.07, 6.45) is 1.61. The van der Waals surface area contributed by atoms with E-state index in [9.17, 15) is 4.79 Å². The van der Waals surface area contributed by atoms with Gasteiger partial charge in [-0.15, -0.1) is 21.5 Å². The SMILES string of the molecule is O=c1c2sc3nnc(-c4ccccc4)c(-c4ccccc4)c3c2ncn1Cc1ccc(Cl)cc1. The summed E-state index contributed by atoms with van der Waals surface area (Å²) in [5.74, 6) is 0. The second-order valence-corrected chi connectivity index (χ2v) is 9.36. The molecule has 3 heterocycles. The average molecular weight is 481 g/mol. The zero-order valence-electron chi connectivity index (χ0n) is 17.9. The molecular formula is C27H17ClN4OS. The molecule has 0 N–H and O–H groups in total. The highest BCUT2D eigenvalue weighted by atomic mass is 35.5. The molecule has 0 bridgehead atoms. The number of rotatable bonds is 4. The molecule has 0 aliphatic carbocycles. The van der Waals surface area contributed by atoms with E-state index in [-0.39, 0.29) is 5.56 Å². The van der Waals surface area contributed by atoms with E-state index < -0.39 is 0 Å². The lowest BCUT2D eigenvalue weighted by Gasteiger charge is -2.10. The van der Waals surface area contributed by atoms with Gasteiger partial charge >= 0.3 is 0 Å². The smallest absolute Gasteiger partial charge is 0.271 e. The van der Waals surface area contributed by atoms with E-state index >= 15 is 0 Å². The largest absolute Gasteiger partial charge is 0.294 e. The van der Waals surface area contributed by atoms with Gasteiger partial charge in [-0.25, -0.2) is 4.98 Å². The first kappa shape index (κ1) is 20.7. The molecule has 164 valence electrons. The Morgan fingerprint density at radius 1 is 0.824 bits per heavy atom. The first-order valence-corrected chi connectivity index (χ1v) is 11.9. The lowest BCUT2D eigenvalue weighted by Crippen LogP contribution is -2.20. The van der Waals surface area contributed by atoms with Crippen LogP contribution < -0.4 is 5.56 Å². The van der Waals surface area contributed by atoms with Gasteiger partial charge in [0.1, 0.15) is 15.2 Å². The third kappa shape index (κ3) is 3.57. The third-order valence-electron chi connectivity index (χ3n) is 5.75. The maximum atomic E-state index is 13.4. The van der Waals surface area contributed by atoms with Gasteiger partial charge in [-0.2, -0.15) is 0 Å². The molecule has 0 aliphatic rings. The van der Waals surface area contributed by atoms with Gasteiger partial charge in [0.05, 0.1) is 18.4 Å². The van der Waals surface area contributed by atoms with Crippen LogP contribution in [0.25, 0.3) is 42.8 Å². The van der Waals surface area contributed by atoms with Gasteiger partial charge in [0.15, 0.2) is 0 Å². The molecule has 0 fully saturated rings. The molecule has 6 aromatic rings. The van der Waals surface area contributed by atoms with E-state index in [0.717, 1.165) is 33.3 Å². The minimum Gasteiger partial charge on any atom is -0.294 e. The molecule has 6 rings (SSSR count). The zero-order chi connectivity index (χ0) is 23.1. The van der Waals surface area contributed by atoms with Gasteiger partial charge in [0.2, 0.25) is 0 Å². The van der Waals surface area contributed by atoms with Gasteiger partial charge < -0.3 is 0 Å². The van der Waals surface area contributed by atoms with Crippen LogP contribution in [-0.4, -0.2) is 19.7 Å². The van der Waals surface area contributed by atoms with Crippen molar-refractivity contribution in [2.75, 3.05) is 0 Å². The van der Waals surface area contributed by atoms with Crippen molar-refractivity contribution in [2.24, 2.45) is 0 Å². The Hall–Kier alpha value is -3.87. The van der Waals surface area contributed by atoms with Crippen molar-refractivity contribution in [3.63, 3.8) is 0 Å². The highest BCUT2D eigenvalue weighted by molar-refractivity contribution is 7.25. The Labute approximate surface area is 203 Å². The molecule has 0 saturated carbocycles. The van der Waals surface area contributed by atoms with E-state index in [1.807, 2.05) is 84.9 Å². The number of benzene rings is 3. The van der Waals surface area contributed by atoms with Crippen molar-refractivity contribution >= 4 is 43.4 Å². The molecule has 0 amide bonds. The van der Waals surface area contributed by atoms with Crippen molar-refractivity contribution in [1.29, 1.82) is 0 Å². The average Bonchev–Trinajstić information content (AvgIpc) is 3.27. The predicted octanol–water partition coefficient (Wildman–Crippen LogP) is 6.44. The normalized spacial score (nSPS) is 11.3. The minimum atomic E-state index is -0.0942. The Morgan fingerprint density at radius 3 is 2.21 bits per heavy atom. The number of thiophene rings is 1. The molecule has 0 spiro atoms. The van der Waals surface area contributed by atoms with Crippen molar-refractivity contribution in [3.8, 4) is 22.4 Å². The molecule has 3 aromatic carbocycles. The van der Waals surface area contributed by atoms with Crippen LogP contribution in [0.3, 0.4) is 0 Å². The van der Waals surface area contributed by atoms with Crippen molar-refractivity contribution in [2.45, 2.75) is 6.54 Å². The standard InChI is InChI=1S/C27H17ClN4OS/c28-20-13-11-17(12-14-20)15-32-16-29-24-22-21(18-7-3-1-4-8-18)23(19-9-5-2-6-10-19)30-31-26(22)34-25(24)27(32)33/h1-14,16H,15H2. The first-order chi connectivity index (χ1) is 16.7. The van der Waals surface area contributed by atoms with Crippen LogP contribution in [0, 0.1) is 0 Å². The van der Waals surface area contributed by atoms with Gasteiger partial charge in [-0.3, -0.25) is 9.36 Å². The van der Waals surface area contributed by atoms with Gasteiger partial charge in [0, 0.05) is 21.5 Å². The Balaban J connectivity index is 1.60. The van der Waals surface area contributed by atoms with Crippen LogP contribution in [-0.2, 0) is 6.54 Å². The lowest BCUT2D eigenvalue weighted by atomic mass is 9.97. The summed E-state index contributed by atoms with van der Waals surface area (Å²) < 4.78 is 2.19. The number of fused-ring (bicyclic) bond motifs is 3. The maximum Gasteiger partial charge on any atom is 0.271 e. The van der Waals surface area contributed by atoms with E-state index in [1.165, 1.54) is 11.3 Å². The molecular weight excluding hydrogens is 464 g/mol. The molecule has 34 heavy (non-hydrogen) atoms. The van der Waals surface area contributed by atoms with Crippen LogP contribution in [0.4, 0.5) is 0 Å². The monoisotopic (exact) mass is 480 g/mol. The summed E-state index contributed by atoms with van der Waals surface area (Å²) in [6.45, 7) is 0.416. The summed E-state index contributed by atoms with van der Waals surface area (Å²) in [5, 5.41) is 10.6. The van der Waals surface area contributed by atoms with Crippen LogP contribution in [0.5, 0.6) is 0 Å². The van der Waals surface area contributed by atoms with Crippen molar-refractivity contribution < 1.29 is 0 Å². The first-order valence-electron chi connectivity index (χ1n) is 10.7. The fourth-order valence-corrected chi connectivity index (χ4v) is 5.29. The second kappa shape index (κ2) is 8.48. The highest BCUT2D eigenvalue weighted by Gasteiger charge is 2.21. The molecule has 0 aliphatic heterocycles. The Bertz CT molecular complexity index is 1690. The quantitative estimate of drug-likeness (QED) is 0.291. The minimum absolute atomic E-state index is 0.0942. The van der Waals surface area contributed by atoms with E-state index in [2.05, 4.69) is 10.2 Å². The van der Waals surface area contributed by atoms with Crippen molar-refractivity contribution in [3.05, 3.63) is 112 Å². The highest BCUT2D eigenvalue weighted by Crippen LogP contribution is 2.41. The lowest BCUT2D eigenvalue weighted by molar-refractivity contribution is 0.750. The van der Waals surface area contributed by atoms with Crippen LogP contribution in [0.1, 0.15) is 5.56 Å². The topological polar surface area (TPSA) is 60.7 Å². The zero-order valence-corrected chi connectivity index (χ0v) is 19.4. The van der Waals surface area contributed by atoms with Crippen LogP contribution >= 0.6 is 22.9 Å². The number of nitrogens with zero attached hydrogens (tertiary/aromatic N) is 4. The molecule has 0 atom stereocenters. The molecule has 7 heteroatoms. The molecule has 0 unspecified atom stereocenters. The molecule has 0 saturated heterocycles. The van der Waals surface area contributed by atoms with Gasteiger partial charge in [-0.05, 0) is 23.3 Å². The summed E-state index contributed by atoms with van der Waals surface area (Å²) in [5.41, 5.74) is 5.22. The van der Waals surface area contributed by atoms with Crippen molar-refractivity contribution in [1.82, 2.24) is 19.7 Å². The fraction of sp³-hybridized carbons (Fsp3) is 0.0370. The summed E-state index contributed by atoms with van der Waals surface area (Å²) in [4.78, 5) is 18.9. The van der Waals surface area contributed by atoms with Crippen LogP contribution in [0.15, 0.2) is 96.1 Å². The van der Waals surface area contributed by atoms with E-state index in [1.54, 1.807) is 10.9 Å². The van der Waals surface area contributed by atoms with E-state index in [4.69, 9.17) is 16.6 Å². The van der Waals surface area contributed by atoms with E-state index in [0.29, 0.717) is 26.6 Å². The second-order valence-electron chi connectivity index (χ2n) is 7.92.